The van der Waals surface area contributed by atoms with Crippen LogP contribution < -0.4 is 21.7 Å². The minimum Gasteiger partial charge on any atom is -0.492 e. The van der Waals surface area contributed by atoms with Crippen LogP contribution in [0.4, 0.5) is 5.82 Å². The van der Waals surface area contributed by atoms with Crippen LogP contribution in [0.3, 0.4) is 0 Å². The number of H-pyrrole nitrogens is 1. The molecular weight excluding hydrogens is 244 g/mol. The zero-order valence-corrected chi connectivity index (χ0v) is 10.8. The van der Waals surface area contributed by atoms with Crippen LogP contribution in [-0.2, 0) is 0 Å². The third-order valence-corrected chi connectivity index (χ3v) is 2.72. The van der Waals surface area contributed by atoms with Crippen LogP contribution in [0.2, 0.25) is 0 Å². The van der Waals surface area contributed by atoms with Crippen molar-refractivity contribution >= 4 is 5.82 Å². The molecule has 19 heavy (non-hydrogen) atoms. The summed E-state index contributed by atoms with van der Waals surface area (Å²) in [5.41, 5.74) is 10.2. The van der Waals surface area contributed by atoms with Crippen LogP contribution in [0.15, 0.2) is 24.7 Å². The lowest BCUT2D eigenvalue weighted by Gasteiger charge is -2.16. The Morgan fingerprint density at radius 1 is 1.42 bits per heavy atom. The molecule has 1 unspecified atom stereocenters. The van der Waals surface area contributed by atoms with Crippen molar-refractivity contribution in [2.24, 2.45) is 5.84 Å². The molecule has 6 N–H and O–H groups in total. The van der Waals surface area contributed by atoms with E-state index >= 15 is 0 Å². The number of anilines is 1. The number of nitrogens with one attached hydrogen (secondary N) is 2. The quantitative estimate of drug-likeness (QED) is 0.450. The fraction of sp³-hybridized carbons (Fsp3) is 0.333. The second-order valence-electron chi connectivity index (χ2n) is 4.14. The van der Waals surface area contributed by atoms with E-state index in [-0.39, 0.29) is 6.04 Å². The van der Waals surface area contributed by atoms with Crippen LogP contribution in [0.1, 0.15) is 30.5 Å². The van der Waals surface area contributed by atoms with Crippen LogP contribution in [0, 0.1) is 0 Å². The van der Waals surface area contributed by atoms with Gasteiger partial charge in [0.2, 0.25) is 0 Å². The molecule has 0 aliphatic rings. The molecule has 0 fully saturated rings. The molecular formula is C12H18N6O. The van der Waals surface area contributed by atoms with Gasteiger partial charge in [-0.3, -0.25) is 15.9 Å². The first-order valence-corrected chi connectivity index (χ1v) is 6.08. The van der Waals surface area contributed by atoms with Gasteiger partial charge in [0.05, 0.1) is 25.0 Å². The number of pyridine rings is 1. The minimum absolute atomic E-state index is 0.281. The van der Waals surface area contributed by atoms with Gasteiger partial charge in [-0.2, -0.15) is 5.10 Å². The summed E-state index contributed by atoms with van der Waals surface area (Å²) in [4.78, 5) is 4.15. The molecule has 7 heteroatoms. The van der Waals surface area contributed by atoms with Crippen molar-refractivity contribution in [3.8, 4) is 5.75 Å². The molecule has 2 aromatic rings. The summed E-state index contributed by atoms with van der Waals surface area (Å²) < 4.78 is 5.55. The Hall–Kier alpha value is -2.12. The maximum Gasteiger partial charge on any atom is 0.137 e. The Labute approximate surface area is 111 Å². The SMILES string of the molecule is CCCOc1cncc(C(NN)c2cn[nH]c2N)c1. The van der Waals surface area contributed by atoms with E-state index in [9.17, 15) is 0 Å². The van der Waals surface area contributed by atoms with Crippen molar-refractivity contribution in [3.63, 3.8) is 0 Å². The third-order valence-electron chi connectivity index (χ3n) is 2.72. The number of aromatic amines is 1. The summed E-state index contributed by atoms with van der Waals surface area (Å²) in [5.74, 6) is 6.78. The number of nitrogens with two attached hydrogens (primary N) is 2. The minimum atomic E-state index is -0.281. The van der Waals surface area contributed by atoms with Crippen molar-refractivity contribution in [2.45, 2.75) is 19.4 Å². The van der Waals surface area contributed by atoms with E-state index in [0.29, 0.717) is 18.2 Å². The molecule has 0 saturated carbocycles. The van der Waals surface area contributed by atoms with E-state index in [1.165, 1.54) is 0 Å². The van der Waals surface area contributed by atoms with Gasteiger partial charge in [-0.1, -0.05) is 6.92 Å². The summed E-state index contributed by atoms with van der Waals surface area (Å²) in [6, 6.07) is 1.61. The number of nitrogens with zero attached hydrogens (tertiary/aromatic N) is 2. The molecule has 7 nitrogen and oxygen atoms in total. The number of aromatic nitrogens is 3. The first-order chi connectivity index (χ1) is 9.26. The number of rotatable bonds is 6. The van der Waals surface area contributed by atoms with Crippen molar-refractivity contribution in [2.75, 3.05) is 12.3 Å². The molecule has 2 aromatic heterocycles. The molecule has 2 rings (SSSR count). The Morgan fingerprint density at radius 2 is 2.26 bits per heavy atom. The fourth-order valence-corrected chi connectivity index (χ4v) is 1.79. The predicted octanol–water partition coefficient (Wildman–Crippen LogP) is 0.728. The Morgan fingerprint density at radius 3 is 2.89 bits per heavy atom. The lowest BCUT2D eigenvalue weighted by atomic mass is 10.0. The highest BCUT2D eigenvalue weighted by atomic mass is 16.5. The maximum atomic E-state index is 5.81. The molecule has 0 radical (unpaired) electrons. The largest absolute Gasteiger partial charge is 0.492 e. The predicted molar refractivity (Wildman–Crippen MR) is 72.2 cm³/mol. The van der Waals surface area contributed by atoms with Gasteiger partial charge >= 0.3 is 0 Å². The van der Waals surface area contributed by atoms with Crippen molar-refractivity contribution in [1.82, 2.24) is 20.6 Å². The zero-order chi connectivity index (χ0) is 13.7. The van der Waals surface area contributed by atoms with Gasteiger partial charge in [-0.25, -0.2) is 5.43 Å². The molecule has 0 aliphatic carbocycles. The lowest BCUT2D eigenvalue weighted by molar-refractivity contribution is 0.315. The second kappa shape index (κ2) is 6.17. The van der Waals surface area contributed by atoms with E-state index < -0.39 is 0 Å². The van der Waals surface area contributed by atoms with Crippen LogP contribution in [0.25, 0.3) is 0 Å². The van der Waals surface area contributed by atoms with E-state index in [1.807, 2.05) is 13.0 Å². The molecule has 0 bridgehead atoms. The van der Waals surface area contributed by atoms with E-state index in [1.54, 1.807) is 18.6 Å². The van der Waals surface area contributed by atoms with Gasteiger partial charge in [0.25, 0.3) is 0 Å². The molecule has 102 valence electrons. The Bertz CT molecular complexity index is 526. The smallest absolute Gasteiger partial charge is 0.137 e. The summed E-state index contributed by atoms with van der Waals surface area (Å²) in [6.45, 7) is 2.70. The second-order valence-corrected chi connectivity index (χ2v) is 4.14. The van der Waals surface area contributed by atoms with Crippen LogP contribution in [0.5, 0.6) is 5.75 Å². The highest BCUT2D eigenvalue weighted by Gasteiger charge is 2.17. The Balaban J connectivity index is 2.26. The number of hydrogen-bond donors (Lipinski definition) is 4. The van der Waals surface area contributed by atoms with E-state index in [4.69, 9.17) is 16.3 Å². The van der Waals surface area contributed by atoms with Gasteiger partial charge in [0, 0.05) is 11.8 Å². The normalized spacial score (nSPS) is 12.3. The summed E-state index contributed by atoms with van der Waals surface area (Å²) >= 11 is 0. The van der Waals surface area contributed by atoms with Crippen molar-refractivity contribution in [1.29, 1.82) is 0 Å². The van der Waals surface area contributed by atoms with E-state index in [0.717, 1.165) is 17.5 Å². The zero-order valence-electron chi connectivity index (χ0n) is 10.8. The molecule has 0 aliphatic heterocycles. The molecule has 0 saturated heterocycles. The number of nitrogen functional groups attached to an aromatic ring is 1. The van der Waals surface area contributed by atoms with Gasteiger partial charge in [0.15, 0.2) is 0 Å². The molecule has 0 amide bonds. The molecule has 0 spiro atoms. The monoisotopic (exact) mass is 262 g/mol. The highest BCUT2D eigenvalue weighted by molar-refractivity contribution is 5.44. The summed E-state index contributed by atoms with van der Waals surface area (Å²) in [6.07, 6.45) is 5.97. The molecule has 2 heterocycles. The van der Waals surface area contributed by atoms with Crippen LogP contribution in [-0.4, -0.2) is 21.8 Å². The van der Waals surface area contributed by atoms with Gasteiger partial charge < -0.3 is 10.5 Å². The molecule has 0 aromatic carbocycles. The maximum absolute atomic E-state index is 5.81. The molecule has 1 atom stereocenters. The van der Waals surface area contributed by atoms with Gasteiger partial charge in [-0.15, -0.1) is 0 Å². The van der Waals surface area contributed by atoms with Crippen LogP contribution >= 0.6 is 0 Å². The number of ether oxygens (including phenoxy) is 1. The first-order valence-electron chi connectivity index (χ1n) is 6.08. The number of hydrazine groups is 1. The number of hydrogen-bond acceptors (Lipinski definition) is 6. The van der Waals surface area contributed by atoms with Crippen molar-refractivity contribution < 1.29 is 4.74 Å². The average Bonchev–Trinajstić information content (AvgIpc) is 2.84. The topological polar surface area (TPSA) is 115 Å². The van der Waals surface area contributed by atoms with E-state index in [2.05, 4.69) is 20.6 Å². The third kappa shape index (κ3) is 3.01. The summed E-state index contributed by atoms with van der Waals surface area (Å²) in [5, 5.41) is 6.57. The lowest BCUT2D eigenvalue weighted by Crippen LogP contribution is -2.29. The standard InChI is InChI=1S/C12H18N6O/c1-2-3-19-9-4-8(5-15-6-9)11(17-14)10-7-16-18-12(10)13/h4-7,11,17H,2-3,14H2,1H3,(H3,13,16,18). The summed E-state index contributed by atoms with van der Waals surface area (Å²) in [7, 11) is 0. The first kappa shape index (κ1) is 13.3. The Kier molecular flexibility index (Phi) is 4.32. The highest BCUT2D eigenvalue weighted by Crippen LogP contribution is 2.26. The van der Waals surface area contributed by atoms with Crippen molar-refractivity contribution in [3.05, 3.63) is 35.8 Å². The fourth-order valence-electron chi connectivity index (χ4n) is 1.79. The van der Waals surface area contributed by atoms with Gasteiger partial charge in [0.1, 0.15) is 11.6 Å². The van der Waals surface area contributed by atoms with Gasteiger partial charge in [-0.05, 0) is 18.1 Å². The average molecular weight is 262 g/mol.